The molecule has 1 saturated heterocycles. The molecule has 1 aromatic rings. The minimum absolute atomic E-state index is 0.0706. The maximum absolute atomic E-state index is 12.6. The third-order valence-corrected chi connectivity index (χ3v) is 3.78. The lowest BCUT2D eigenvalue weighted by Gasteiger charge is -2.35. The number of carbonyl (C=O) groups excluding carboxylic acids is 2. The largest absolute Gasteiger partial charge is 0.370 e. The molecule has 0 aromatic carbocycles. The first-order valence-corrected chi connectivity index (χ1v) is 7.21. The molecule has 0 saturated carbocycles. The van der Waals surface area contributed by atoms with Crippen LogP contribution in [0.4, 0.5) is 5.82 Å². The van der Waals surface area contributed by atoms with Gasteiger partial charge in [0.1, 0.15) is 5.82 Å². The van der Waals surface area contributed by atoms with E-state index < -0.39 is 0 Å². The van der Waals surface area contributed by atoms with Gasteiger partial charge >= 0.3 is 0 Å². The van der Waals surface area contributed by atoms with Crippen LogP contribution in [-0.4, -0.2) is 48.4 Å². The SMILES string of the molecule is CN(C)c1ccc(C(=O)N2CCCC[C@H]2CC(N)=O)cn1. The molecule has 1 atom stereocenters. The van der Waals surface area contributed by atoms with Crippen LogP contribution in [0.1, 0.15) is 36.0 Å². The zero-order valence-corrected chi connectivity index (χ0v) is 12.6. The van der Waals surface area contributed by atoms with Gasteiger partial charge in [0.25, 0.3) is 5.91 Å². The summed E-state index contributed by atoms with van der Waals surface area (Å²) >= 11 is 0. The van der Waals surface area contributed by atoms with Crippen LogP contribution in [0.2, 0.25) is 0 Å². The van der Waals surface area contributed by atoms with Crippen molar-refractivity contribution < 1.29 is 9.59 Å². The summed E-state index contributed by atoms with van der Waals surface area (Å²) in [6, 6.07) is 3.51. The maximum atomic E-state index is 12.6. The van der Waals surface area contributed by atoms with E-state index in [0.717, 1.165) is 25.1 Å². The van der Waals surface area contributed by atoms with E-state index >= 15 is 0 Å². The zero-order valence-electron chi connectivity index (χ0n) is 12.6. The van der Waals surface area contributed by atoms with Crippen LogP contribution >= 0.6 is 0 Å². The van der Waals surface area contributed by atoms with E-state index in [2.05, 4.69) is 4.98 Å². The van der Waals surface area contributed by atoms with Crippen LogP contribution in [0, 0.1) is 0 Å². The van der Waals surface area contributed by atoms with Gasteiger partial charge in [0, 0.05) is 39.3 Å². The predicted octanol–water partition coefficient (Wildman–Crippen LogP) is 1.02. The van der Waals surface area contributed by atoms with Crippen molar-refractivity contribution >= 4 is 17.6 Å². The number of hydrogen-bond donors (Lipinski definition) is 1. The van der Waals surface area contributed by atoms with Gasteiger partial charge < -0.3 is 15.5 Å². The van der Waals surface area contributed by atoms with Gasteiger partial charge in [0.15, 0.2) is 0 Å². The summed E-state index contributed by atoms with van der Waals surface area (Å²) < 4.78 is 0. The highest BCUT2D eigenvalue weighted by Gasteiger charge is 2.28. The Morgan fingerprint density at radius 2 is 2.14 bits per heavy atom. The summed E-state index contributed by atoms with van der Waals surface area (Å²) in [5.74, 6) is 0.374. The number of anilines is 1. The van der Waals surface area contributed by atoms with Crippen molar-refractivity contribution in [1.29, 1.82) is 0 Å². The Bertz CT molecular complexity index is 513. The number of amides is 2. The van der Waals surface area contributed by atoms with E-state index in [0.29, 0.717) is 12.1 Å². The molecule has 6 nitrogen and oxygen atoms in total. The number of pyridine rings is 1. The van der Waals surface area contributed by atoms with Crippen molar-refractivity contribution in [3.05, 3.63) is 23.9 Å². The molecule has 0 radical (unpaired) electrons. The van der Waals surface area contributed by atoms with E-state index in [9.17, 15) is 9.59 Å². The summed E-state index contributed by atoms with van der Waals surface area (Å²) in [6.45, 7) is 0.673. The maximum Gasteiger partial charge on any atom is 0.255 e. The second-order valence-electron chi connectivity index (χ2n) is 5.62. The third kappa shape index (κ3) is 3.71. The van der Waals surface area contributed by atoms with Gasteiger partial charge in [-0.15, -0.1) is 0 Å². The summed E-state index contributed by atoms with van der Waals surface area (Å²) in [4.78, 5) is 31.7. The highest BCUT2D eigenvalue weighted by Crippen LogP contribution is 2.22. The fourth-order valence-electron chi connectivity index (χ4n) is 2.66. The lowest BCUT2D eigenvalue weighted by Crippen LogP contribution is -2.45. The summed E-state index contributed by atoms with van der Waals surface area (Å²) in [5, 5.41) is 0. The fraction of sp³-hybridized carbons (Fsp3) is 0.533. The van der Waals surface area contributed by atoms with Gasteiger partial charge in [-0.3, -0.25) is 9.59 Å². The molecule has 114 valence electrons. The van der Waals surface area contributed by atoms with Gasteiger partial charge in [-0.25, -0.2) is 4.98 Å². The lowest BCUT2D eigenvalue weighted by atomic mass is 9.98. The Morgan fingerprint density at radius 3 is 2.71 bits per heavy atom. The Morgan fingerprint density at radius 1 is 1.38 bits per heavy atom. The van der Waals surface area contributed by atoms with E-state index in [1.54, 1.807) is 17.2 Å². The van der Waals surface area contributed by atoms with Crippen molar-refractivity contribution in [3.63, 3.8) is 0 Å². The van der Waals surface area contributed by atoms with E-state index in [1.165, 1.54) is 0 Å². The first kappa shape index (κ1) is 15.3. The van der Waals surface area contributed by atoms with Crippen LogP contribution in [0.3, 0.4) is 0 Å². The highest BCUT2D eigenvalue weighted by molar-refractivity contribution is 5.94. The minimum atomic E-state index is -0.360. The van der Waals surface area contributed by atoms with Crippen LogP contribution < -0.4 is 10.6 Å². The van der Waals surface area contributed by atoms with Crippen molar-refractivity contribution in [2.75, 3.05) is 25.5 Å². The fourth-order valence-corrected chi connectivity index (χ4v) is 2.66. The highest BCUT2D eigenvalue weighted by atomic mass is 16.2. The number of primary amides is 1. The lowest BCUT2D eigenvalue weighted by molar-refractivity contribution is -0.119. The van der Waals surface area contributed by atoms with Gasteiger partial charge in [-0.2, -0.15) is 0 Å². The number of likely N-dealkylation sites (tertiary alicyclic amines) is 1. The molecule has 21 heavy (non-hydrogen) atoms. The molecule has 2 heterocycles. The van der Waals surface area contributed by atoms with Crippen molar-refractivity contribution in [2.45, 2.75) is 31.7 Å². The second-order valence-corrected chi connectivity index (χ2v) is 5.62. The first-order valence-electron chi connectivity index (χ1n) is 7.21. The number of piperidine rings is 1. The molecule has 0 aliphatic carbocycles. The number of hydrogen-bond acceptors (Lipinski definition) is 4. The molecule has 1 aliphatic heterocycles. The third-order valence-electron chi connectivity index (χ3n) is 3.78. The Hall–Kier alpha value is -2.11. The second kappa shape index (κ2) is 6.56. The average Bonchev–Trinajstić information content (AvgIpc) is 2.46. The number of rotatable bonds is 4. The predicted molar refractivity (Wildman–Crippen MR) is 81.1 cm³/mol. The van der Waals surface area contributed by atoms with Gasteiger partial charge in [0.2, 0.25) is 5.91 Å². The van der Waals surface area contributed by atoms with Crippen molar-refractivity contribution in [2.24, 2.45) is 5.73 Å². The molecule has 0 spiro atoms. The molecule has 1 aliphatic rings. The quantitative estimate of drug-likeness (QED) is 0.897. The van der Waals surface area contributed by atoms with E-state index in [-0.39, 0.29) is 24.3 Å². The van der Waals surface area contributed by atoms with Crippen LogP contribution in [0.5, 0.6) is 0 Å². The molecule has 2 amide bonds. The summed E-state index contributed by atoms with van der Waals surface area (Å²) in [6.07, 6.45) is 4.64. The van der Waals surface area contributed by atoms with E-state index in [4.69, 9.17) is 5.73 Å². The number of aromatic nitrogens is 1. The van der Waals surface area contributed by atoms with Gasteiger partial charge in [-0.05, 0) is 31.4 Å². The first-order chi connectivity index (χ1) is 9.99. The topological polar surface area (TPSA) is 79.5 Å². The summed E-state index contributed by atoms with van der Waals surface area (Å²) in [7, 11) is 3.80. The number of carbonyl (C=O) groups is 2. The Balaban J connectivity index is 2.14. The molecule has 6 heteroatoms. The molecule has 2 rings (SSSR count). The van der Waals surface area contributed by atoms with Crippen LogP contribution in [0.25, 0.3) is 0 Å². The molecule has 2 N–H and O–H groups in total. The average molecular weight is 290 g/mol. The monoisotopic (exact) mass is 290 g/mol. The standard InChI is InChI=1S/C15H22N4O2/c1-18(2)14-7-6-11(10-17-14)15(21)19-8-4-3-5-12(19)9-13(16)20/h6-7,10,12H,3-5,8-9H2,1-2H3,(H2,16,20)/t12-/m0/s1. The Labute approximate surface area is 124 Å². The van der Waals surface area contributed by atoms with Gasteiger partial charge in [-0.1, -0.05) is 0 Å². The molecule has 0 bridgehead atoms. The zero-order chi connectivity index (χ0) is 15.4. The van der Waals surface area contributed by atoms with Crippen molar-refractivity contribution in [1.82, 2.24) is 9.88 Å². The van der Waals surface area contributed by atoms with Gasteiger partial charge in [0.05, 0.1) is 5.56 Å². The van der Waals surface area contributed by atoms with Crippen LogP contribution in [0.15, 0.2) is 18.3 Å². The van der Waals surface area contributed by atoms with Crippen molar-refractivity contribution in [3.8, 4) is 0 Å². The van der Waals surface area contributed by atoms with Crippen LogP contribution in [-0.2, 0) is 4.79 Å². The molecule has 1 fully saturated rings. The minimum Gasteiger partial charge on any atom is -0.370 e. The molecule has 0 unspecified atom stereocenters. The molecular weight excluding hydrogens is 268 g/mol. The summed E-state index contributed by atoms with van der Waals surface area (Å²) in [5.41, 5.74) is 5.84. The number of nitrogens with two attached hydrogens (primary N) is 1. The Kier molecular flexibility index (Phi) is 4.77. The smallest absolute Gasteiger partial charge is 0.255 e. The number of nitrogens with zero attached hydrogens (tertiary/aromatic N) is 3. The normalized spacial score (nSPS) is 18.4. The molecule has 1 aromatic heterocycles. The molecular formula is C15H22N4O2. The van der Waals surface area contributed by atoms with E-state index in [1.807, 2.05) is 25.1 Å².